The molecule has 0 heterocycles. The molecular formula is C16H14O2. The summed E-state index contributed by atoms with van der Waals surface area (Å²) in [5.41, 5.74) is 2.54. The quantitative estimate of drug-likeness (QED) is 0.594. The highest BCUT2D eigenvalue weighted by atomic mass is 16.5. The summed E-state index contributed by atoms with van der Waals surface area (Å²) in [7, 11) is 0. The van der Waals surface area contributed by atoms with E-state index in [1.807, 2.05) is 30.3 Å². The summed E-state index contributed by atoms with van der Waals surface area (Å²) >= 11 is 0. The molecular weight excluding hydrogens is 224 g/mol. The summed E-state index contributed by atoms with van der Waals surface area (Å²) in [6.07, 6.45) is 1.59. The lowest BCUT2D eigenvalue weighted by Crippen LogP contribution is -2.20. The molecule has 2 heteroatoms. The van der Waals surface area contributed by atoms with E-state index in [0.29, 0.717) is 5.75 Å². The van der Waals surface area contributed by atoms with Gasteiger partial charge in [0.05, 0.1) is 5.92 Å². The van der Waals surface area contributed by atoms with E-state index in [9.17, 15) is 4.79 Å². The zero-order valence-electron chi connectivity index (χ0n) is 10.0. The van der Waals surface area contributed by atoms with Crippen LogP contribution in [0, 0.1) is 5.92 Å². The molecule has 0 N–H and O–H groups in total. The molecule has 0 unspecified atom stereocenters. The number of hydrogen-bond donors (Lipinski definition) is 0. The third kappa shape index (κ3) is 2.14. The average molecular weight is 238 g/mol. The fraction of sp³-hybridized carbons (Fsp3) is 0.188. The summed E-state index contributed by atoms with van der Waals surface area (Å²) in [6.45, 7) is 0. The Bertz CT molecular complexity index is 535. The lowest BCUT2D eigenvalue weighted by Gasteiger charge is -2.08. The van der Waals surface area contributed by atoms with Crippen molar-refractivity contribution < 1.29 is 9.53 Å². The van der Waals surface area contributed by atoms with E-state index >= 15 is 0 Å². The molecule has 1 aliphatic rings. The molecule has 0 aliphatic heterocycles. The summed E-state index contributed by atoms with van der Waals surface area (Å²) in [4.78, 5) is 12.1. The maximum Gasteiger partial charge on any atom is 0.315 e. The summed E-state index contributed by atoms with van der Waals surface area (Å²) < 4.78 is 5.39. The second-order valence-electron chi connectivity index (χ2n) is 4.61. The Morgan fingerprint density at radius 2 is 1.44 bits per heavy atom. The van der Waals surface area contributed by atoms with Gasteiger partial charge in [-0.15, -0.1) is 0 Å². The van der Waals surface area contributed by atoms with Gasteiger partial charge >= 0.3 is 5.97 Å². The van der Waals surface area contributed by atoms with Crippen LogP contribution in [0.4, 0.5) is 0 Å². The van der Waals surface area contributed by atoms with Gasteiger partial charge in [0.15, 0.2) is 0 Å². The Balaban J connectivity index is 1.70. The maximum absolute atomic E-state index is 12.1. The Kier molecular flexibility index (Phi) is 2.85. The Labute approximate surface area is 106 Å². The third-order valence-electron chi connectivity index (χ3n) is 3.35. The van der Waals surface area contributed by atoms with E-state index in [1.165, 1.54) is 11.1 Å². The van der Waals surface area contributed by atoms with Crippen molar-refractivity contribution in [2.24, 2.45) is 5.92 Å². The number of ether oxygens (including phenoxy) is 1. The number of carbonyl (C=O) groups excluding carboxylic acids is 1. The fourth-order valence-electron chi connectivity index (χ4n) is 2.41. The standard InChI is InChI=1S/C16H14O2/c17-16(18-15-8-2-1-3-9-15)14-10-12-6-4-5-7-13(12)11-14/h1-9,14H,10-11H2. The van der Waals surface area contributed by atoms with E-state index < -0.39 is 0 Å². The molecule has 0 saturated heterocycles. The molecule has 0 atom stereocenters. The van der Waals surface area contributed by atoms with Crippen LogP contribution in [-0.2, 0) is 17.6 Å². The minimum absolute atomic E-state index is 0.0393. The monoisotopic (exact) mass is 238 g/mol. The molecule has 0 saturated carbocycles. The van der Waals surface area contributed by atoms with E-state index in [0.717, 1.165) is 12.8 Å². The van der Waals surface area contributed by atoms with Crippen molar-refractivity contribution >= 4 is 5.97 Å². The number of fused-ring (bicyclic) bond motifs is 1. The summed E-state index contributed by atoms with van der Waals surface area (Å²) in [6, 6.07) is 17.5. The van der Waals surface area contributed by atoms with Gasteiger partial charge in [-0.3, -0.25) is 4.79 Å². The first-order valence-corrected chi connectivity index (χ1v) is 6.16. The van der Waals surface area contributed by atoms with Crippen molar-refractivity contribution in [2.45, 2.75) is 12.8 Å². The van der Waals surface area contributed by atoms with Crippen LogP contribution < -0.4 is 4.74 Å². The first kappa shape index (κ1) is 11.0. The van der Waals surface area contributed by atoms with Gasteiger partial charge in [-0.1, -0.05) is 42.5 Å². The number of hydrogen-bond acceptors (Lipinski definition) is 2. The van der Waals surface area contributed by atoms with Gasteiger partial charge in [0, 0.05) is 0 Å². The van der Waals surface area contributed by atoms with Crippen molar-refractivity contribution in [3.63, 3.8) is 0 Å². The van der Waals surface area contributed by atoms with Gasteiger partial charge < -0.3 is 4.74 Å². The second kappa shape index (κ2) is 4.65. The predicted molar refractivity (Wildman–Crippen MR) is 69.4 cm³/mol. The average Bonchev–Trinajstić information content (AvgIpc) is 2.84. The Morgan fingerprint density at radius 3 is 2.06 bits per heavy atom. The summed E-state index contributed by atoms with van der Waals surface area (Å²) in [5, 5.41) is 0. The minimum atomic E-state index is -0.127. The van der Waals surface area contributed by atoms with Crippen molar-refractivity contribution in [3.05, 3.63) is 65.7 Å². The number of esters is 1. The van der Waals surface area contributed by atoms with Crippen molar-refractivity contribution in [2.75, 3.05) is 0 Å². The van der Waals surface area contributed by atoms with Crippen LogP contribution in [-0.4, -0.2) is 5.97 Å². The number of rotatable bonds is 2. The first-order valence-electron chi connectivity index (χ1n) is 6.16. The Hall–Kier alpha value is -2.09. The second-order valence-corrected chi connectivity index (χ2v) is 4.61. The van der Waals surface area contributed by atoms with Crippen molar-refractivity contribution in [1.82, 2.24) is 0 Å². The highest BCUT2D eigenvalue weighted by Gasteiger charge is 2.28. The van der Waals surface area contributed by atoms with Crippen LogP contribution in [0.3, 0.4) is 0 Å². The zero-order valence-corrected chi connectivity index (χ0v) is 10.0. The normalized spacial score (nSPS) is 14.2. The topological polar surface area (TPSA) is 26.3 Å². The molecule has 90 valence electrons. The lowest BCUT2D eigenvalue weighted by atomic mass is 10.1. The van der Waals surface area contributed by atoms with Crippen molar-refractivity contribution in [3.8, 4) is 5.75 Å². The molecule has 1 aliphatic carbocycles. The zero-order chi connectivity index (χ0) is 12.4. The Morgan fingerprint density at radius 1 is 0.889 bits per heavy atom. The maximum atomic E-state index is 12.1. The molecule has 18 heavy (non-hydrogen) atoms. The molecule has 2 aromatic rings. The highest BCUT2D eigenvalue weighted by molar-refractivity contribution is 5.77. The van der Waals surface area contributed by atoms with Crippen LogP contribution in [0.2, 0.25) is 0 Å². The van der Waals surface area contributed by atoms with Crippen LogP contribution in [0.5, 0.6) is 5.75 Å². The van der Waals surface area contributed by atoms with Gasteiger partial charge in [0.25, 0.3) is 0 Å². The molecule has 0 amide bonds. The lowest BCUT2D eigenvalue weighted by molar-refractivity contribution is -0.138. The molecule has 0 spiro atoms. The van der Waals surface area contributed by atoms with E-state index in [4.69, 9.17) is 4.74 Å². The number of para-hydroxylation sites is 1. The minimum Gasteiger partial charge on any atom is -0.426 e. The highest BCUT2D eigenvalue weighted by Crippen LogP contribution is 2.27. The molecule has 2 aromatic carbocycles. The van der Waals surface area contributed by atoms with Gasteiger partial charge in [-0.05, 0) is 36.1 Å². The van der Waals surface area contributed by atoms with Gasteiger partial charge in [-0.25, -0.2) is 0 Å². The van der Waals surface area contributed by atoms with Crippen LogP contribution in [0.15, 0.2) is 54.6 Å². The SMILES string of the molecule is O=C(Oc1ccccc1)C1Cc2ccccc2C1. The van der Waals surface area contributed by atoms with E-state index in [-0.39, 0.29) is 11.9 Å². The van der Waals surface area contributed by atoms with Gasteiger partial charge in [-0.2, -0.15) is 0 Å². The van der Waals surface area contributed by atoms with Crippen molar-refractivity contribution in [1.29, 1.82) is 0 Å². The first-order chi connectivity index (χ1) is 8.83. The molecule has 2 nitrogen and oxygen atoms in total. The fourth-order valence-corrected chi connectivity index (χ4v) is 2.41. The smallest absolute Gasteiger partial charge is 0.315 e. The number of benzene rings is 2. The molecule has 3 rings (SSSR count). The van der Waals surface area contributed by atoms with Crippen LogP contribution >= 0.6 is 0 Å². The van der Waals surface area contributed by atoms with Crippen LogP contribution in [0.1, 0.15) is 11.1 Å². The van der Waals surface area contributed by atoms with Gasteiger partial charge in [0.1, 0.15) is 5.75 Å². The largest absolute Gasteiger partial charge is 0.426 e. The van der Waals surface area contributed by atoms with E-state index in [1.54, 1.807) is 12.1 Å². The van der Waals surface area contributed by atoms with E-state index in [2.05, 4.69) is 12.1 Å². The molecule has 0 fully saturated rings. The molecule has 0 bridgehead atoms. The van der Waals surface area contributed by atoms with Gasteiger partial charge in [0.2, 0.25) is 0 Å². The third-order valence-corrected chi connectivity index (χ3v) is 3.35. The molecule has 0 aromatic heterocycles. The van der Waals surface area contributed by atoms with Crippen LogP contribution in [0.25, 0.3) is 0 Å². The number of carbonyl (C=O) groups is 1. The molecule has 0 radical (unpaired) electrons. The predicted octanol–water partition coefficient (Wildman–Crippen LogP) is 3.01. The summed E-state index contributed by atoms with van der Waals surface area (Å²) in [5.74, 6) is 0.457.